The van der Waals surface area contributed by atoms with Crippen molar-refractivity contribution in [2.75, 3.05) is 39.6 Å². The maximum atomic E-state index is 9.29. The van der Waals surface area contributed by atoms with Crippen molar-refractivity contribution in [3.05, 3.63) is 59.7 Å². The Morgan fingerprint density at radius 2 is 0.780 bits per heavy atom. The molecule has 0 bridgehead atoms. The van der Waals surface area contributed by atoms with Gasteiger partial charge in [0.15, 0.2) is 0 Å². The molecular formula is C33H52O8. The van der Waals surface area contributed by atoms with Gasteiger partial charge in [-0.25, -0.2) is 0 Å². The van der Waals surface area contributed by atoms with Crippen molar-refractivity contribution in [2.24, 2.45) is 0 Å². The van der Waals surface area contributed by atoms with Crippen LogP contribution in [0.15, 0.2) is 48.5 Å². The number of benzene rings is 2. The molecule has 0 fully saturated rings. The number of hydrogen-bond acceptors (Lipinski definition) is 8. The molecule has 0 amide bonds. The summed E-state index contributed by atoms with van der Waals surface area (Å²) < 4.78 is 34.3. The molecule has 6 atom stereocenters. The van der Waals surface area contributed by atoms with Crippen LogP contribution in [0.2, 0.25) is 0 Å². The lowest BCUT2D eigenvalue weighted by Gasteiger charge is -2.19. The lowest BCUT2D eigenvalue weighted by atomic mass is 10.0. The number of aliphatic hydroxyl groups is 2. The summed E-state index contributed by atoms with van der Waals surface area (Å²) in [5, 5.41) is 18.6. The third-order valence-corrected chi connectivity index (χ3v) is 6.22. The van der Waals surface area contributed by atoms with E-state index in [1.807, 2.05) is 52.0 Å². The lowest BCUT2D eigenvalue weighted by molar-refractivity contribution is -0.0600. The van der Waals surface area contributed by atoms with Gasteiger partial charge in [0, 0.05) is 0 Å². The minimum atomic E-state index is -0.474. The highest BCUT2D eigenvalue weighted by molar-refractivity contribution is 5.29. The van der Waals surface area contributed by atoms with Crippen LogP contribution in [0.4, 0.5) is 0 Å². The Morgan fingerprint density at radius 1 is 0.463 bits per heavy atom. The average Bonchev–Trinajstić information content (AvgIpc) is 2.95. The fourth-order valence-electron chi connectivity index (χ4n) is 3.83. The van der Waals surface area contributed by atoms with Crippen LogP contribution in [-0.4, -0.2) is 86.5 Å². The molecule has 0 heterocycles. The van der Waals surface area contributed by atoms with Crippen LogP contribution < -0.4 is 9.47 Å². The van der Waals surface area contributed by atoms with Gasteiger partial charge >= 0.3 is 0 Å². The molecule has 8 heteroatoms. The topological polar surface area (TPSA) is 95.8 Å². The van der Waals surface area contributed by atoms with Crippen molar-refractivity contribution < 1.29 is 38.6 Å². The fraction of sp³-hybridized carbons (Fsp3) is 0.636. The van der Waals surface area contributed by atoms with Crippen molar-refractivity contribution in [2.45, 2.75) is 97.4 Å². The summed E-state index contributed by atoms with van der Waals surface area (Å²) in [5.74, 6) is 1.66. The molecule has 2 aromatic carbocycles. The maximum Gasteiger partial charge on any atom is 0.119 e. The van der Waals surface area contributed by atoms with E-state index in [1.54, 1.807) is 13.8 Å². The smallest absolute Gasteiger partial charge is 0.119 e. The Kier molecular flexibility index (Phi) is 16.9. The van der Waals surface area contributed by atoms with E-state index in [2.05, 4.69) is 24.3 Å². The average molecular weight is 577 g/mol. The van der Waals surface area contributed by atoms with Gasteiger partial charge in [0.1, 0.15) is 24.7 Å². The van der Waals surface area contributed by atoms with E-state index in [-0.39, 0.29) is 24.4 Å². The van der Waals surface area contributed by atoms with Crippen LogP contribution in [0.25, 0.3) is 0 Å². The Hall–Kier alpha value is -2.20. The largest absolute Gasteiger partial charge is 0.491 e. The van der Waals surface area contributed by atoms with E-state index in [1.165, 1.54) is 11.1 Å². The molecule has 0 saturated carbocycles. The second-order valence-corrected chi connectivity index (χ2v) is 11.0. The zero-order valence-electron chi connectivity index (χ0n) is 25.8. The highest BCUT2D eigenvalue weighted by Gasteiger charge is 2.11. The first-order chi connectivity index (χ1) is 19.6. The van der Waals surface area contributed by atoms with Crippen molar-refractivity contribution in [1.29, 1.82) is 0 Å². The Balaban J connectivity index is 1.60. The van der Waals surface area contributed by atoms with Crippen LogP contribution in [0.5, 0.6) is 11.5 Å². The van der Waals surface area contributed by atoms with Gasteiger partial charge < -0.3 is 38.6 Å². The molecule has 2 rings (SSSR count). The van der Waals surface area contributed by atoms with Gasteiger partial charge in [-0.1, -0.05) is 24.3 Å². The molecule has 2 N–H and O–H groups in total. The minimum absolute atomic E-state index is 0.0587. The number of rotatable bonds is 22. The van der Waals surface area contributed by atoms with E-state index in [4.69, 9.17) is 28.4 Å². The number of aryl methyl sites for hydroxylation is 2. The highest BCUT2D eigenvalue weighted by Crippen LogP contribution is 2.17. The zero-order valence-corrected chi connectivity index (χ0v) is 25.8. The second kappa shape index (κ2) is 19.8. The van der Waals surface area contributed by atoms with E-state index >= 15 is 0 Å². The summed E-state index contributed by atoms with van der Waals surface area (Å²) in [4.78, 5) is 0. The standard InChI is InChI=1S/C33H52O8/c1-24(34)18-36-26(3)20-38-28(5)22-40-32-14-10-30(11-15-32)8-7-9-31-12-16-33(17-13-31)41-23-29(6)39-21-27(4)37-19-25(2)35/h10-17,24-29,34-35H,7-9,18-23H2,1-6H3. The summed E-state index contributed by atoms with van der Waals surface area (Å²) in [5.41, 5.74) is 2.57. The molecule has 0 saturated heterocycles. The number of aliphatic hydroxyl groups excluding tert-OH is 2. The third kappa shape index (κ3) is 16.7. The van der Waals surface area contributed by atoms with Crippen molar-refractivity contribution in [1.82, 2.24) is 0 Å². The van der Waals surface area contributed by atoms with Gasteiger partial charge in [0.2, 0.25) is 0 Å². The second-order valence-electron chi connectivity index (χ2n) is 11.0. The molecule has 2 aromatic rings. The SMILES string of the molecule is CC(O)COC(C)COC(C)COc1ccc(CCCc2ccc(OCC(C)OCC(C)OCC(C)O)cc2)cc1. The molecular weight excluding hydrogens is 524 g/mol. The summed E-state index contributed by atoms with van der Waals surface area (Å²) in [6, 6.07) is 16.5. The molecule has 8 nitrogen and oxygen atoms in total. The third-order valence-electron chi connectivity index (χ3n) is 6.22. The van der Waals surface area contributed by atoms with Crippen LogP contribution in [0.3, 0.4) is 0 Å². The Morgan fingerprint density at radius 3 is 1.12 bits per heavy atom. The summed E-state index contributed by atoms with van der Waals surface area (Å²) >= 11 is 0. The molecule has 0 aliphatic rings. The number of ether oxygens (including phenoxy) is 6. The van der Waals surface area contributed by atoms with Gasteiger partial charge in [-0.05, 0) is 96.2 Å². The van der Waals surface area contributed by atoms with Crippen LogP contribution in [0.1, 0.15) is 59.1 Å². The molecule has 232 valence electrons. The lowest BCUT2D eigenvalue weighted by Crippen LogP contribution is -2.26. The van der Waals surface area contributed by atoms with Gasteiger partial charge in [0.25, 0.3) is 0 Å². The van der Waals surface area contributed by atoms with Crippen molar-refractivity contribution in [3.63, 3.8) is 0 Å². The first-order valence-electron chi connectivity index (χ1n) is 14.9. The van der Waals surface area contributed by atoms with Crippen LogP contribution in [0, 0.1) is 0 Å². The molecule has 41 heavy (non-hydrogen) atoms. The highest BCUT2D eigenvalue weighted by atomic mass is 16.6. The van der Waals surface area contributed by atoms with E-state index in [9.17, 15) is 10.2 Å². The number of hydrogen-bond donors (Lipinski definition) is 2. The summed E-state index contributed by atoms with van der Waals surface area (Å²) in [7, 11) is 0. The molecule has 0 aromatic heterocycles. The minimum Gasteiger partial charge on any atom is -0.491 e. The predicted octanol–water partition coefficient (Wildman–Crippen LogP) is 5.00. The molecule has 0 radical (unpaired) electrons. The fourth-order valence-corrected chi connectivity index (χ4v) is 3.83. The first-order valence-corrected chi connectivity index (χ1v) is 14.9. The Bertz CT molecular complexity index is 840. The van der Waals surface area contributed by atoms with E-state index in [0.29, 0.717) is 39.6 Å². The van der Waals surface area contributed by atoms with Crippen LogP contribution in [-0.2, 0) is 31.8 Å². The molecule has 0 aliphatic heterocycles. The normalized spacial score (nSPS) is 16.0. The first kappa shape index (κ1) is 35.0. The van der Waals surface area contributed by atoms with Crippen molar-refractivity contribution in [3.8, 4) is 11.5 Å². The van der Waals surface area contributed by atoms with Crippen LogP contribution >= 0.6 is 0 Å². The van der Waals surface area contributed by atoms with E-state index < -0.39 is 12.2 Å². The van der Waals surface area contributed by atoms with Gasteiger partial charge in [0.05, 0.1) is 63.1 Å². The van der Waals surface area contributed by atoms with Crippen molar-refractivity contribution >= 4 is 0 Å². The monoisotopic (exact) mass is 576 g/mol. The predicted molar refractivity (Wildman–Crippen MR) is 161 cm³/mol. The molecule has 6 unspecified atom stereocenters. The molecule has 0 spiro atoms. The zero-order chi connectivity index (χ0) is 30.0. The van der Waals surface area contributed by atoms with Gasteiger partial charge in [-0.15, -0.1) is 0 Å². The maximum absolute atomic E-state index is 9.29. The quantitative estimate of drug-likeness (QED) is 0.202. The molecule has 0 aliphatic carbocycles. The van der Waals surface area contributed by atoms with Gasteiger partial charge in [-0.2, -0.15) is 0 Å². The summed E-state index contributed by atoms with van der Waals surface area (Å²) in [6.07, 6.45) is 1.84. The van der Waals surface area contributed by atoms with Gasteiger partial charge in [-0.3, -0.25) is 0 Å². The Labute approximate surface area is 246 Å². The summed E-state index contributed by atoms with van der Waals surface area (Å²) in [6.45, 7) is 13.7. The van der Waals surface area contributed by atoms with E-state index in [0.717, 1.165) is 30.8 Å².